The highest BCUT2D eigenvalue weighted by molar-refractivity contribution is 6.03. The van der Waals surface area contributed by atoms with Gasteiger partial charge in [0.15, 0.2) is 5.78 Å². The van der Waals surface area contributed by atoms with Crippen molar-refractivity contribution in [3.63, 3.8) is 0 Å². The van der Waals surface area contributed by atoms with Crippen LogP contribution < -0.4 is 0 Å². The van der Waals surface area contributed by atoms with E-state index in [0.29, 0.717) is 36.6 Å². The van der Waals surface area contributed by atoms with E-state index in [1.54, 1.807) is 0 Å². The number of hydrogen-bond acceptors (Lipinski definition) is 3. The van der Waals surface area contributed by atoms with Gasteiger partial charge >= 0.3 is 5.97 Å². The summed E-state index contributed by atoms with van der Waals surface area (Å²) in [4.78, 5) is 25.1. The van der Waals surface area contributed by atoms with Crippen molar-refractivity contribution in [1.29, 1.82) is 0 Å². The number of carbonyl (C=O) groups excluding carboxylic acids is 2. The second kappa shape index (κ2) is 6.41. The monoisotopic (exact) mass is 344 g/mol. The van der Waals surface area contributed by atoms with Crippen molar-refractivity contribution >= 4 is 11.8 Å². The van der Waals surface area contributed by atoms with Crippen molar-refractivity contribution < 1.29 is 14.3 Å². The third-order valence-corrected chi connectivity index (χ3v) is 7.56. The van der Waals surface area contributed by atoms with Crippen LogP contribution in [-0.2, 0) is 14.3 Å². The summed E-state index contributed by atoms with van der Waals surface area (Å²) < 4.78 is 5.17. The van der Waals surface area contributed by atoms with Gasteiger partial charge in [0.25, 0.3) is 0 Å². The maximum absolute atomic E-state index is 13.1. The van der Waals surface area contributed by atoms with Crippen LogP contribution in [0.25, 0.3) is 0 Å². The molecule has 0 amide bonds. The number of carbonyl (C=O) groups is 2. The van der Waals surface area contributed by atoms with Gasteiger partial charge in [-0.15, -0.1) is 0 Å². The van der Waals surface area contributed by atoms with Gasteiger partial charge in [-0.05, 0) is 81.1 Å². The van der Waals surface area contributed by atoms with Crippen LogP contribution in [-0.4, -0.2) is 18.4 Å². The van der Waals surface area contributed by atoms with E-state index in [1.165, 1.54) is 5.57 Å². The number of ether oxygens (including phenoxy) is 1. The second-order valence-electron chi connectivity index (χ2n) is 8.79. The minimum atomic E-state index is -0.227. The molecule has 3 aliphatic carbocycles. The Hall–Kier alpha value is -1.38. The van der Waals surface area contributed by atoms with Crippen molar-refractivity contribution in [2.24, 2.45) is 28.6 Å². The molecular weight excluding hydrogens is 312 g/mol. The van der Waals surface area contributed by atoms with Crippen LogP contribution in [0, 0.1) is 28.6 Å². The molecule has 3 heteroatoms. The van der Waals surface area contributed by atoms with Crippen LogP contribution >= 0.6 is 0 Å². The largest absolute Gasteiger partial charge is 0.466 e. The number of fused-ring (bicyclic) bond motifs is 1. The summed E-state index contributed by atoms with van der Waals surface area (Å²) in [5.74, 6) is 1.28. The average Bonchev–Trinajstić information content (AvgIpc) is 2.74. The standard InChI is InChI=1S/C22H32O3/c1-6-25-19(23)10-11-21(5)17(14(2)3)9-12-22-13-16(7-8-18(21)22)15(4)20(22)24/h16-18H,2,4,6-13H2,1,3,5H3/t16-,17-,18+,21-,22-/m1/s1. The quantitative estimate of drug-likeness (QED) is 0.406. The molecule has 0 saturated heterocycles. The molecule has 3 nitrogen and oxygen atoms in total. The lowest BCUT2D eigenvalue weighted by Gasteiger charge is -2.57. The van der Waals surface area contributed by atoms with Gasteiger partial charge in [-0.25, -0.2) is 0 Å². The molecule has 0 aliphatic heterocycles. The Labute approximate surface area is 151 Å². The van der Waals surface area contributed by atoms with Crippen LogP contribution in [0.2, 0.25) is 0 Å². The minimum Gasteiger partial charge on any atom is -0.466 e. The summed E-state index contributed by atoms with van der Waals surface area (Å²) in [7, 11) is 0. The normalized spacial score (nSPS) is 39.9. The first-order chi connectivity index (χ1) is 11.8. The molecule has 1 spiro atoms. The molecule has 2 bridgehead atoms. The maximum atomic E-state index is 13.1. The predicted molar refractivity (Wildman–Crippen MR) is 98.9 cm³/mol. The third-order valence-electron chi connectivity index (χ3n) is 7.56. The molecule has 5 atom stereocenters. The maximum Gasteiger partial charge on any atom is 0.305 e. The molecule has 3 saturated carbocycles. The van der Waals surface area contributed by atoms with E-state index >= 15 is 0 Å². The highest BCUT2D eigenvalue weighted by atomic mass is 16.5. The molecule has 0 heterocycles. The van der Waals surface area contributed by atoms with E-state index in [0.717, 1.165) is 44.1 Å². The Balaban J connectivity index is 1.93. The SMILES string of the molecule is C=C1C(=O)[C@@]23CC[C@H](C(=C)C)[C@@](C)(CCC(=O)OCC)[C@@H]2CC[C@@H]1C3. The van der Waals surface area contributed by atoms with Gasteiger partial charge in [0.1, 0.15) is 0 Å². The molecule has 0 aromatic rings. The van der Waals surface area contributed by atoms with Gasteiger partial charge in [0.05, 0.1) is 6.61 Å². The zero-order valence-corrected chi connectivity index (χ0v) is 16.0. The fraction of sp³-hybridized carbons (Fsp3) is 0.727. The average molecular weight is 344 g/mol. The first-order valence-electron chi connectivity index (χ1n) is 9.81. The molecule has 0 aromatic heterocycles. The number of hydrogen-bond donors (Lipinski definition) is 0. The van der Waals surface area contributed by atoms with Gasteiger partial charge in [0, 0.05) is 11.8 Å². The lowest BCUT2D eigenvalue weighted by Crippen LogP contribution is -2.53. The van der Waals surface area contributed by atoms with Crippen molar-refractivity contribution in [3.05, 3.63) is 24.3 Å². The second-order valence-corrected chi connectivity index (χ2v) is 8.79. The molecule has 3 aliphatic rings. The number of allylic oxidation sites excluding steroid dienone is 2. The first kappa shape index (κ1) is 18.4. The predicted octanol–water partition coefficient (Wildman–Crippen LogP) is 4.86. The van der Waals surface area contributed by atoms with E-state index in [9.17, 15) is 9.59 Å². The van der Waals surface area contributed by atoms with Crippen LogP contribution in [0.5, 0.6) is 0 Å². The summed E-state index contributed by atoms with van der Waals surface area (Å²) in [6.45, 7) is 15.0. The van der Waals surface area contributed by atoms with Gasteiger partial charge < -0.3 is 4.74 Å². The third kappa shape index (κ3) is 2.71. The Morgan fingerprint density at radius 3 is 2.68 bits per heavy atom. The molecule has 0 N–H and O–H groups in total. The Morgan fingerprint density at radius 2 is 2.04 bits per heavy atom. The number of ketones is 1. The zero-order valence-electron chi connectivity index (χ0n) is 16.0. The van der Waals surface area contributed by atoms with E-state index in [2.05, 4.69) is 27.0 Å². The summed E-state index contributed by atoms with van der Waals surface area (Å²) >= 11 is 0. The highest BCUT2D eigenvalue weighted by Crippen LogP contribution is 2.67. The van der Waals surface area contributed by atoms with Crippen molar-refractivity contribution in [3.8, 4) is 0 Å². The Bertz CT molecular complexity index is 619. The van der Waals surface area contributed by atoms with Crippen LogP contribution in [0.1, 0.15) is 65.7 Å². The summed E-state index contributed by atoms with van der Waals surface area (Å²) in [6.07, 6.45) is 6.27. The summed E-state index contributed by atoms with van der Waals surface area (Å²) in [6, 6.07) is 0. The minimum absolute atomic E-state index is 0.0674. The van der Waals surface area contributed by atoms with Crippen molar-refractivity contribution in [2.75, 3.05) is 6.61 Å². The van der Waals surface area contributed by atoms with E-state index in [4.69, 9.17) is 4.74 Å². The van der Waals surface area contributed by atoms with Gasteiger partial charge in [0.2, 0.25) is 0 Å². The van der Waals surface area contributed by atoms with Gasteiger partial charge in [-0.1, -0.05) is 25.7 Å². The van der Waals surface area contributed by atoms with E-state index < -0.39 is 0 Å². The molecule has 0 aromatic carbocycles. The van der Waals surface area contributed by atoms with Crippen LogP contribution in [0.3, 0.4) is 0 Å². The lowest BCUT2D eigenvalue weighted by molar-refractivity contribution is -0.148. The zero-order chi connectivity index (χ0) is 18.4. The highest BCUT2D eigenvalue weighted by Gasteiger charge is 2.64. The van der Waals surface area contributed by atoms with Crippen LogP contribution in [0.4, 0.5) is 0 Å². The summed E-state index contributed by atoms with van der Waals surface area (Å²) in [5, 5.41) is 0. The lowest BCUT2D eigenvalue weighted by atomic mass is 9.46. The Morgan fingerprint density at radius 1 is 1.32 bits per heavy atom. The molecular formula is C22H32O3. The Kier molecular flexibility index (Phi) is 4.72. The molecule has 0 radical (unpaired) electrons. The van der Waals surface area contributed by atoms with E-state index in [1.807, 2.05) is 6.92 Å². The molecule has 0 unspecified atom stereocenters. The smallest absolute Gasteiger partial charge is 0.305 e. The summed E-state index contributed by atoms with van der Waals surface area (Å²) in [5.41, 5.74) is 1.76. The van der Waals surface area contributed by atoms with Crippen molar-refractivity contribution in [1.82, 2.24) is 0 Å². The fourth-order valence-electron chi connectivity index (χ4n) is 6.47. The number of esters is 1. The van der Waals surface area contributed by atoms with E-state index in [-0.39, 0.29) is 16.8 Å². The van der Waals surface area contributed by atoms with Gasteiger partial charge in [-0.3, -0.25) is 9.59 Å². The van der Waals surface area contributed by atoms with Crippen molar-refractivity contribution in [2.45, 2.75) is 65.7 Å². The fourth-order valence-corrected chi connectivity index (χ4v) is 6.47. The molecule has 25 heavy (non-hydrogen) atoms. The molecule has 3 fully saturated rings. The number of Topliss-reactive ketones (excluding diaryl/α,β-unsaturated/α-hetero) is 1. The molecule has 138 valence electrons. The molecule has 3 rings (SSSR count). The first-order valence-corrected chi connectivity index (χ1v) is 9.81. The topological polar surface area (TPSA) is 43.4 Å². The number of rotatable bonds is 5. The van der Waals surface area contributed by atoms with Gasteiger partial charge in [-0.2, -0.15) is 0 Å². The van der Waals surface area contributed by atoms with Crippen LogP contribution in [0.15, 0.2) is 24.3 Å².